The number of nitrogens with two attached hydrogens (primary N) is 1. The SMILES string of the molecule is CSCC[C@H](N)C(=O)Nc1ccc(OC(F)F)c(Cc2ccccc2)c1. The Bertz CT molecular complexity index is 714. The largest absolute Gasteiger partial charge is 0.435 e. The van der Waals surface area contributed by atoms with Crippen molar-refractivity contribution in [3.63, 3.8) is 0 Å². The van der Waals surface area contributed by atoms with Gasteiger partial charge in [0, 0.05) is 17.7 Å². The number of hydrogen-bond donors (Lipinski definition) is 2. The van der Waals surface area contributed by atoms with Gasteiger partial charge < -0.3 is 15.8 Å². The number of amides is 1. The maximum absolute atomic E-state index is 12.7. The van der Waals surface area contributed by atoms with Crippen LogP contribution in [0.1, 0.15) is 17.5 Å². The molecule has 2 rings (SSSR count). The summed E-state index contributed by atoms with van der Waals surface area (Å²) in [5, 5.41) is 2.74. The first-order valence-corrected chi connectivity index (χ1v) is 9.56. The minimum Gasteiger partial charge on any atom is -0.435 e. The van der Waals surface area contributed by atoms with Crippen LogP contribution in [-0.4, -0.2) is 30.6 Å². The Morgan fingerprint density at radius 3 is 2.62 bits per heavy atom. The van der Waals surface area contributed by atoms with Crippen LogP contribution in [0.5, 0.6) is 5.75 Å². The highest BCUT2D eigenvalue weighted by molar-refractivity contribution is 7.98. The Balaban J connectivity index is 2.18. The van der Waals surface area contributed by atoms with Gasteiger partial charge in [-0.15, -0.1) is 0 Å². The predicted octanol–water partition coefficient (Wildman–Crippen LogP) is 3.90. The van der Waals surface area contributed by atoms with Gasteiger partial charge in [-0.2, -0.15) is 20.5 Å². The van der Waals surface area contributed by atoms with Gasteiger partial charge in [-0.3, -0.25) is 4.79 Å². The first kappa shape index (κ1) is 20.2. The Labute approximate surface area is 156 Å². The van der Waals surface area contributed by atoms with Gasteiger partial charge in [-0.05, 0) is 42.2 Å². The molecule has 26 heavy (non-hydrogen) atoms. The van der Waals surface area contributed by atoms with Crippen molar-refractivity contribution >= 4 is 23.4 Å². The fourth-order valence-corrected chi connectivity index (χ4v) is 2.92. The van der Waals surface area contributed by atoms with E-state index >= 15 is 0 Å². The van der Waals surface area contributed by atoms with Gasteiger partial charge in [0.1, 0.15) is 5.75 Å². The van der Waals surface area contributed by atoms with Gasteiger partial charge in [0.2, 0.25) is 5.91 Å². The summed E-state index contributed by atoms with van der Waals surface area (Å²) in [4.78, 5) is 12.2. The second kappa shape index (κ2) is 10.1. The van der Waals surface area contributed by atoms with Gasteiger partial charge in [-0.1, -0.05) is 30.3 Å². The molecule has 0 fully saturated rings. The number of alkyl halides is 2. The second-order valence-electron chi connectivity index (χ2n) is 5.74. The first-order chi connectivity index (χ1) is 12.5. The molecule has 0 aliphatic heterocycles. The highest BCUT2D eigenvalue weighted by Gasteiger charge is 2.15. The van der Waals surface area contributed by atoms with Crippen LogP contribution in [0.15, 0.2) is 48.5 Å². The third-order valence-corrected chi connectivity index (χ3v) is 4.40. The summed E-state index contributed by atoms with van der Waals surface area (Å²) in [5.74, 6) is 0.579. The van der Waals surface area contributed by atoms with Crippen molar-refractivity contribution in [1.82, 2.24) is 0 Å². The molecular formula is C19H22F2N2O2S. The molecular weight excluding hydrogens is 358 g/mol. The minimum atomic E-state index is -2.91. The Morgan fingerprint density at radius 1 is 1.23 bits per heavy atom. The molecule has 0 saturated carbocycles. The van der Waals surface area contributed by atoms with Crippen molar-refractivity contribution in [3.05, 3.63) is 59.7 Å². The van der Waals surface area contributed by atoms with Crippen LogP contribution in [0.25, 0.3) is 0 Å². The number of benzene rings is 2. The molecule has 7 heteroatoms. The Hall–Kier alpha value is -2.12. The molecule has 0 bridgehead atoms. The topological polar surface area (TPSA) is 64.4 Å². The highest BCUT2D eigenvalue weighted by Crippen LogP contribution is 2.27. The van der Waals surface area contributed by atoms with E-state index in [4.69, 9.17) is 5.73 Å². The van der Waals surface area contributed by atoms with Crippen molar-refractivity contribution in [3.8, 4) is 5.75 Å². The molecule has 1 amide bonds. The zero-order valence-electron chi connectivity index (χ0n) is 14.5. The number of carbonyl (C=O) groups excluding carboxylic acids is 1. The van der Waals surface area contributed by atoms with E-state index in [0.29, 0.717) is 24.1 Å². The lowest BCUT2D eigenvalue weighted by molar-refractivity contribution is -0.117. The molecule has 1 atom stereocenters. The van der Waals surface area contributed by atoms with Crippen molar-refractivity contribution in [2.75, 3.05) is 17.3 Å². The standard InChI is InChI=1S/C19H22F2N2O2S/c1-26-10-9-16(22)18(24)23-15-7-8-17(25-19(20)21)14(12-15)11-13-5-3-2-4-6-13/h2-8,12,16,19H,9-11,22H2,1H3,(H,23,24)/t16-/m0/s1. The molecule has 2 aromatic carbocycles. The summed E-state index contributed by atoms with van der Waals surface area (Å²) in [6, 6.07) is 13.4. The van der Waals surface area contributed by atoms with Crippen LogP contribution in [0.3, 0.4) is 0 Å². The molecule has 4 nitrogen and oxygen atoms in total. The van der Waals surface area contributed by atoms with Crippen molar-refractivity contribution in [2.45, 2.75) is 25.5 Å². The molecule has 0 radical (unpaired) electrons. The minimum absolute atomic E-state index is 0.0912. The Morgan fingerprint density at radius 2 is 1.96 bits per heavy atom. The van der Waals surface area contributed by atoms with Gasteiger partial charge in [0.15, 0.2) is 0 Å². The van der Waals surface area contributed by atoms with E-state index in [1.54, 1.807) is 17.8 Å². The zero-order valence-corrected chi connectivity index (χ0v) is 15.3. The van der Waals surface area contributed by atoms with E-state index in [1.807, 2.05) is 36.6 Å². The number of nitrogens with one attached hydrogen (secondary N) is 1. The van der Waals surface area contributed by atoms with Crippen LogP contribution < -0.4 is 15.8 Å². The third kappa shape index (κ3) is 6.31. The summed E-state index contributed by atoms with van der Waals surface area (Å²) in [6.07, 6.45) is 2.92. The lowest BCUT2D eigenvalue weighted by atomic mass is 10.0. The van der Waals surface area contributed by atoms with Crippen molar-refractivity contribution in [1.29, 1.82) is 0 Å². The zero-order chi connectivity index (χ0) is 18.9. The number of thioether (sulfide) groups is 1. The van der Waals surface area contributed by atoms with Crippen molar-refractivity contribution in [2.24, 2.45) is 5.73 Å². The molecule has 0 saturated heterocycles. The summed E-state index contributed by atoms with van der Waals surface area (Å²) < 4.78 is 29.9. The van der Waals surface area contributed by atoms with Gasteiger partial charge in [-0.25, -0.2) is 0 Å². The number of rotatable bonds is 9. The molecule has 0 aliphatic carbocycles. The fourth-order valence-electron chi connectivity index (χ4n) is 2.43. The van der Waals surface area contributed by atoms with Gasteiger partial charge in [0.05, 0.1) is 6.04 Å². The fraction of sp³-hybridized carbons (Fsp3) is 0.316. The predicted molar refractivity (Wildman–Crippen MR) is 102 cm³/mol. The lowest BCUT2D eigenvalue weighted by Crippen LogP contribution is -2.36. The van der Waals surface area contributed by atoms with Crippen molar-refractivity contribution < 1.29 is 18.3 Å². The smallest absolute Gasteiger partial charge is 0.387 e. The van der Waals surface area contributed by atoms with Crippen LogP contribution in [0.2, 0.25) is 0 Å². The van der Waals surface area contributed by atoms with E-state index in [2.05, 4.69) is 10.1 Å². The van der Waals surface area contributed by atoms with Gasteiger partial charge >= 0.3 is 6.61 Å². The van der Waals surface area contributed by atoms with E-state index in [9.17, 15) is 13.6 Å². The first-order valence-electron chi connectivity index (χ1n) is 8.16. The van der Waals surface area contributed by atoms with Gasteiger partial charge in [0.25, 0.3) is 0 Å². The molecule has 3 N–H and O–H groups in total. The molecule has 0 spiro atoms. The summed E-state index contributed by atoms with van der Waals surface area (Å²) in [7, 11) is 0. The molecule has 0 unspecified atom stereocenters. The molecule has 2 aromatic rings. The molecule has 0 aromatic heterocycles. The number of halogens is 2. The number of carbonyl (C=O) groups is 1. The summed E-state index contributed by atoms with van der Waals surface area (Å²) in [6.45, 7) is -2.91. The number of hydrogen-bond acceptors (Lipinski definition) is 4. The second-order valence-corrected chi connectivity index (χ2v) is 6.73. The number of ether oxygens (including phenoxy) is 1. The lowest BCUT2D eigenvalue weighted by Gasteiger charge is -2.15. The third-order valence-electron chi connectivity index (χ3n) is 3.75. The van der Waals surface area contributed by atoms with E-state index < -0.39 is 12.7 Å². The van der Waals surface area contributed by atoms with Crippen LogP contribution in [0, 0.1) is 0 Å². The normalized spacial score (nSPS) is 12.0. The molecule has 0 heterocycles. The van der Waals surface area contributed by atoms with E-state index in [-0.39, 0.29) is 11.7 Å². The summed E-state index contributed by atoms with van der Waals surface area (Å²) in [5.41, 5.74) is 7.87. The Kier molecular flexibility index (Phi) is 7.87. The monoisotopic (exact) mass is 380 g/mol. The molecule has 0 aliphatic rings. The molecule has 140 valence electrons. The van der Waals surface area contributed by atoms with E-state index in [0.717, 1.165) is 11.3 Å². The maximum atomic E-state index is 12.7. The van der Waals surface area contributed by atoms with Crippen LogP contribution in [0.4, 0.5) is 14.5 Å². The summed E-state index contributed by atoms with van der Waals surface area (Å²) >= 11 is 1.62. The van der Waals surface area contributed by atoms with Crippen LogP contribution >= 0.6 is 11.8 Å². The quantitative estimate of drug-likeness (QED) is 0.693. The maximum Gasteiger partial charge on any atom is 0.387 e. The average Bonchev–Trinajstić information content (AvgIpc) is 2.62. The highest BCUT2D eigenvalue weighted by atomic mass is 32.2. The van der Waals surface area contributed by atoms with E-state index in [1.165, 1.54) is 12.1 Å². The van der Waals surface area contributed by atoms with Crippen LogP contribution in [-0.2, 0) is 11.2 Å². The average molecular weight is 380 g/mol. The number of anilines is 1.